The maximum Gasteiger partial charge on any atom is 0.248 e. The van der Waals surface area contributed by atoms with Gasteiger partial charge in [-0.2, -0.15) is 0 Å². The highest BCUT2D eigenvalue weighted by Crippen LogP contribution is 2.26. The molecule has 0 aromatic heterocycles. The predicted octanol–water partition coefficient (Wildman–Crippen LogP) is 1.92. The van der Waals surface area contributed by atoms with Crippen molar-refractivity contribution in [1.82, 2.24) is 4.90 Å². The maximum absolute atomic E-state index is 12.2. The predicted molar refractivity (Wildman–Crippen MR) is 75.8 cm³/mol. The van der Waals surface area contributed by atoms with Crippen molar-refractivity contribution in [3.05, 3.63) is 0 Å². The molecule has 4 atom stereocenters. The molecule has 0 unspecified atom stereocenters. The van der Waals surface area contributed by atoms with Crippen molar-refractivity contribution in [2.24, 2.45) is 11.7 Å². The van der Waals surface area contributed by atoms with E-state index in [-0.39, 0.29) is 30.7 Å². The van der Waals surface area contributed by atoms with E-state index in [1.807, 2.05) is 4.90 Å². The normalized spacial score (nSPS) is 36.3. The Balaban J connectivity index is 1.74. The quantitative estimate of drug-likeness (QED) is 0.851. The zero-order valence-electron chi connectivity index (χ0n) is 12.3. The number of nitrogens with two attached hydrogens (primary N) is 1. The number of hydrogen-bond donors (Lipinski definition) is 1. The van der Waals surface area contributed by atoms with Gasteiger partial charge in [-0.25, -0.2) is 0 Å². The van der Waals surface area contributed by atoms with Gasteiger partial charge in [-0.05, 0) is 38.5 Å². The van der Waals surface area contributed by atoms with E-state index in [2.05, 4.69) is 13.8 Å². The summed E-state index contributed by atoms with van der Waals surface area (Å²) in [6, 6.07) is 0.504. The first-order valence-electron chi connectivity index (χ1n) is 7.73. The molecular formula is C15H28N2O2. The zero-order valence-corrected chi connectivity index (χ0v) is 12.3. The van der Waals surface area contributed by atoms with Crippen LogP contribution in [-0.2, 0) is 9.53 Å². The Labute approximate surface area is 116 Å². The number of ether oxygens (including phenoxy) is 1. The van der Waals surface area contributed by atoms with Crippen LogP contribution in [0, 0.1) is 5.92 Å². The van der Waals surface area contributed by atoms with Gasteiger partial charge >= 0.3 is 0 Å². The Morgan fingerprint density at radius 2 is 2.05 bits per heavy atom. The molecule has 4 nitrogen and oxygen atoms in total. The Bertz CT molecular complexity index is 309. The fraction of sp³-hybridized carbons (Fsp3) is 0.933. The highest BCUT2D eigenvalue weighted by Gasteiger charge is 2.28. The number of carbonyl (C=O) groups excluding carboxylic acids is 1. The molecule has 2 fully saturated rings. The molecule has 1 aliphatic heterocycles. The van der Waals surface area contributed by atoms with Crippen molar-refractivity contribution in [3.8, 4) is 0 Å². The molecule has 1 amide bonds. The van der Waals surface area contributed by atoms with Crippen LogP contribution >= 0.6 is 0 Å². The molecule has 4 heteroatoms. The van der Waals surface area contributed by atoms with Gasteiger partial charge in [0, 0.05) is 18.6 Å². The molecule has 19 heavy (non-hydrogen) atoms. The van der Waals surface area contributed by atoms with Crippen molar-refractivity contribution >= 4 is 5.91 Å². The van der Waals surface area contributed by atoms with Crippen LogP contribution in [0.4, 0.5) is 0 Å². The minimum absolute atomic E-state index is 0.137. The summed E-state index contributed by atoms with van der Waals surface area (Å²) in [5.74, 6) is 0.874. The summed E-state index contributed by atoms with van der Waals surface area (Å²) in [4.78, 5) is 14.1. The number of amides is 1. The van der Waals surface area contributed by atoms with E-state index in [4.69, 9.17) is 10.5 Å². The molecular weight excluding hydrogens is 240 g/mol. The van der Waals surface area contributed by atoms with E-state index in [0.29, 0.717) is 0 Å². The van der Waals surface area contributed by atoms with Crippen molar-refractivity contribution in [1.29, 1.82) is 0 Å². The minimum atomic E-state index is 0.137. The Morgan fingerprint density at radius 3 is 2.74 bits per heavy atom. The Hall–Kier alpha value is -0.610. The average molecular weight is 268 g/mol. The van der Waals surface area contributed by atoms with E-state index in [0.717, 1.165) is 38.1 Å². The van der Waals surface area contributed by atoms with Crippen molar-refractivity contribution in [2.45, 2.75) is 70.6 Å². The first-order chi connectivity index (χ1) is 9.06. The first kappa shape index (κ1) is 14.8. The van der Waals surface area contributed by atoms with Crippen LogP contribution in [0.25, 0.3) is 0 Å². The number of hydrogen-bond acceptors (Lipinski definition) is 3. The fourth-order valence-electron chi connectivity index (χ4n) is 3.38. The number of carbonyl (C=O) groups is 1. The second-order valence-corrected chi connectivity index (χ2v) is 6.43. The van der Waals surface area contributed by atoms with Crippen LogP contribution in [0.2, 0.25) is 0 Å². The van der Waals surface area contributed by atoms with Crippen LogP contribution in [-0.4, -0.2) is 42.1 Å². The lowest BCUT2D eigenvalue weighted by atomic mass is 9.89. The molecule has 0 bridgehead atoms. The number of likely N-dealkylation sites (tertiary alicyclic amines) is 1. The van der Waals surface area contributed by atoms with Gasteiger partial charge in [0.15, 0.2) is 0 Å². The Morgan fingerprint density at radius 1 is 1.26 bits per heavy atom. The molecule has 0 spiro atoms. The SMILES string of the molecule is C[C@@H]1CCC[C@H](OCC(=O)N2CC[C@@H](N)C[C@@H]2C)C1. The summed E-state index contributed by atoms with van der Waals surface area (Å²) in [5.41, 5.74) is 5.92. The monoisotopic (exact) mass is 268 g/mol. The molecule has 1 aliphatic carbocycles. The summed E-state index contributed by atoms with van der Waals surface area (Å²) in [6.07, 6.45) is 6.85. The van der Waals surface area contributed by atoms with Gasteiger partial charge in [-0.3, -0.25) is 4.79 Å². The van der Waals surface area contributed by atoms with E-state index in [9.17, 15) is 4.79 Å². The third kappa shape index (κ3) is 4.18. The molecule has 0 aromatic carbocycles. The fourth-order valence-corrected chi connectivity index (χ4v) is 3.38. The van der Waals surface area contributed by atoms with Gasteiger partial charge in [-0.15, -0.1) is 0 Å². The summed E-state index contributed by atoms with van der Waals surface area (Å²) in [6.45, 7) is 5.38. The molecule has 0 radical (unpaired) electrons. The van der Waals surface area contributed by atoms with Crippen molar-refractivity contribution in [2.75, 3.05) is 13.2 Å². The smallest absolute Gasteiger partial charge is 0.248 e. The van der Waals surface area contributed by atoms with Crippen LogP contribution in [0.15, 0.2) is 0 Å². The third-order valence-corrected chi connectivity index (χ3v) is 4.57. The van der Waals surface area contributed by atoms with Crippen molar-refractivity contribution in [3.63, 3.8) is 0 Å². The van der Waals surface area contributed by atoms with Gasteiger partial charge in [0.2, 0.25) is 5.91 Å². The van der Waals surface area contributed by atoms with Gasteiger partial charge in [-0.1, -0.05) is 19.8 Å². The second-order valence-electron chi connectivity index (χ2n) is 6.43. The summed E-state index contributed by atoms with van der Waals surface area (Å²) < 4.78 is 5.82. The molecule has 2 N–H and O–H groups in total. The van der Waals surface area contributed by atoms with Gasteiger partial charge < -0.3 is 15.4 Å². The summed E-state index contributed by atoms with van der Waals surface area (Å²) in [5, 5.41) is 0. The molecule has 1 saturated carbocycles. The van der Waals surface area contributed by atoms with Crippen LogP contribution in [0.3, 0.4) is 0 Å². The van der Waals surface area contributed by atoms with Crippen LogP contribution in [0.1, 0.15) is 52.4 Å². The lowest BCUT2D eigenvalue weighted by molar-refractivity contribution is -0.142. The molecule has 0 aromatic rings. The van der Waals surface area contributed by atoms with Crippen LogP contribution < -0.4 is 5.73 Å². The molecule has 110 valence electrons. The standard InChI is InChI=1S/C15H28N2O2/c1-11-4-3-5-14(8-11)19-10-15(18)17-7-6-13(16)9-12(17)2/h11-14H,3-10,16H2,1-2H3/t11-,12+,13-,14+/m1/s1. The zero-order chi connectivity index (χ0) is 13.8. The van der Waals surface area contributed by atoms with Gasteiger partial charge in [0.1, 0.15) is 6.61 Å². The highest BCUT2D eigenvalue weighted by atomic mass is 16.5. The lowest BCUT2D eigenvalue weighted by Crippen LogP contribution is -2.49. The summed E-state index contributed by atoms with van der Waals surface area (Å²) >= 11 is 0. The average Bonchev–Trinajstić information content (AvgIpc) is 2.36. The van der Waals surface area contributed by atoms with E-state index >= 15 is 0 Å². The topological polar surface area (TPSA) is 55.6 Å². The van der Waals surface area contributed by atoms with E-state index in [1.165, 1.54) is 12.8 Å². The van der Waals surface area contributed by atoms with Crippen molar-refractivity contribution < 1.29 is 9.53 Å². The maximum atomic E-state index is 12.2. The highest BCUT2D eigenvalue weighted by molar-refractivity contribution is 5.77. The largest absolute Gasteiger partial charge is 0.368 e. The van der Waals surface area contributed by atoms with Gasteiger partial charge in [0.25, 0.3) is 0 Å². The van der Waals surface area contributed by atoms with Crippen LogP contribution in [0.5, 0.6) is 0 Å². The number of rotatable bonds is 3. The number of piperidine rings is 1. The molecule has 2 aliphatic rings. The van der Waals surface area contributed by atoms with Gasteiger partial charge in [0.05, 0.1) is 6.10 Å². The number of nitrogens with zero attached hydrogens (tertiary/aromatic N) is 1. The third-order valence-electron chi connectivity index (χ3n) is 4.57. The minimum Gasteiger partial charge on any atom is -0.368 e. The lowest BCUT2D eigenvalue weighted by Gasteiger charge is -2.37. The first-order valence-corrected chi connectivity index (χ1v) is 7.73. The van der Waals surface area contributed by atoms with E-state index in [1.54, 1.807) is 0 Å². The molecule has 1 heterocycles. The Kier molecular flexibility index (Phi) is 5.22. The summed E-state index contributed by atoms with van der Waals surface area (Å²) in [7, 11) is 0. The molecule has 2 rings (SSSR count). The second kappa shape index (κ2) is 6.71. The van der Waals surface area contributed by atoms with E-state index < -0.39 is 0 Å². The molecule has 1 saturated heterocycles.